The summed E-state index contributed by atoms with van der Waals surface area (Å²) in [5.74, 6) is 0.422. The van der Waals surface area contributed by atoms with Crippen LogP contribution >= 0.6 is 0 Å². The van der Waals surface area contributed by atoms with Crippen molar-refractivity contribution in [3.63, 3.8) is 0 Å². The van der Waals surface area contributed by atoms with Crippen LogP contribution in [0, 0.1) is 11.3 Å². The van der Waals surface area contributed by atoms with Crippen LogP contribution in [-0.4, -0.2) is 6.61 Å². The third-order valence-corrected chi connectivity index (χ3v) is 4.70. The number of nitrogen functional groups attached to an aromatic ring is 3. The number of hydrogen-bond acceptors (Lipinski definition) is 5. The molecule has 0 aliphatic rings. The van der Waals surface area contributed by atoms with Gasteiger partial charge in [0.2, 0.25) is 0 Å². The molecule has 0 fully saturated rings. The van der Waals surface area contributed by atoms with E-state index in [1.807, 2.05) is 67.6 Å². The van der Waals surface area contributed by atoms with Crippen LogP contribution in [-0.2, 0) is 5.41 Å². The number of anilines is 3. The number of nitrogens with zero attached hydrogens (tertiary/aromatic N) is 1. The smallest absolute Gasteiger partial charge is 0.144 e. The number of nitrogens with two attached hydrogens (primary N) is 3. The summed E-state index contributed by atoms with van der Waals surface area (Å²) in [5, 5.41) is 10.4. The molecule has 0 bridgehead atoms. The minimum atomic E-state index is -1.15. The Kier molecular flexibility index (Phi) is 4.91. The number of hydrogen-bond donors (Lipinski definition) is 3. The first-order valence-corrected chi connectivity index (χ1v) is 8.69. The van der Waals surface area contributed by atoms with Gasteiger partial charge < -0.3 is 21.9 Å². The van der Waals surface area contributed by atoms with Gasteiger partial charge in [0.25, 0.3) is 0 Å². The fraction of sp³-hybridized carbons (Fsp3) is 0.136. The third kappa shape index (κ3) is 2.91. The van der Waals surface area contributed by atoms with Gasteiger partial charge in [-0.3, -0.25) is 0 Å². The zero-order chi connectivity index (χ0) is 19.4. The van der Waals surface area contributed by atoms with E-state index in [2.05, 4.69) is 6.07 Å². The standard InChI is InChI=1S/C22H22N4O/c1-2-27-18-13-17(19(24)21(26)20(18)25)22(14-23,15-9-5-3-6-10-15)16-11-7-4-8-12-16/h3-13H,2,24-26H2,1H3. The van der Waals surface area contributed by atoms with Gasteiger partial charge in [-0.25, -0.2) is 0 Å². The third-order valence-electron chi connectivity index (χ3n) is 4.70. The van der Waals surface area contributed by atoms with Crippen molar-refractivity contribution in [3.05, 3.63) is 83.4 Å². The molecule has 0 amide bonds. The van der Waals surface area contributed by atoms with E-state index >= 15 is 0 Å². The maximum absolute atomic E-state index is 10.4. The van der Waals surface area contributed by atoms with Gasteiger partial charge in [-0.05, 0) is 24.1 Å². The Hall–Kier alpha value is -3.65. The van der Waals surface area contributed by atoms with Crippen LogP contribution in [0.4, 0.5) is 17.1 Å². The summed E-state index contributed by atoms with van der Waals surface area (Å²) in [6, 6.07) is 23.2. The maximum atomic E-state index is 10.4. The lowest BCUT2D eigenvalue weighted by molar-refractivity contribution is 0.341. The van der Waals surface area contributed by atoms with Crippen LogP contribution in [0.2, 0.25) is 0 Å². The topological polar surface area (TPSA) is 111 Å². The molecule has 3 aromatic rings. The fourth-order valence-electron chi connectivity index (χ4n) is 3.34. The molecule has 5 heteroatoms. The molecule has 27 heavy (non-hydrogen) atoms. The molecule has 6 N–H and O–H groups in total. The first-order valence-electron chi connectivity index (χ1n) is 8.69. The molecule has 0 aliphatic heterocycles. The molecule has 0 heterocycles. The lowest BCUT2D eigenvalue weighted by atomic mass is 9.69. The summed E-state index contributed by atoms with van der Waals surface area (Å²) < 4.78 is 5.65. The molecule has 0 saturated heterocycles. The van der Waals surface area contributed by atoms with Gasteiger partial charge in [-0.15, -0.1) is 0 Å². The Morgan fingerprint density at radius 3 is 1.81 bits per heavy atom. The molecular weight excluding hydrogens is 336 g/mol. The summed E-state index contributed by atoms with van der Waals surface area (Å²) in [6.45, 7) is 2.28. The molecule has 5 nitrogen and oxygen atoms in total. The molecule has 3 aromatic carbocycles. The van der Waals surface area contributed by atoms with Gasteiger partial charge in [0, 0.05) is 5.56 Å². The summed E-state index contributed by atoms with van der Waals surface area (Å²) in [7, 11) is 0. The summed E-state index contributed by atoms with van der Waals surface area (Å²) in [4.78, 5) is 0. The van der Waals surface area contributed by atoms with Crippen molar-refractivity contribution in [2.24, 2.45) is 0 Å². The summed E-state index contributed by atoms with van der Waals surface area (Å²) in [6.07, 6.45) is 0. The second kappa shape index (κ2) is 7.30. The molecule has 0 radical (unpaired) electrons. The zero-order valence-electron chi connectivity index (χ0n) is 15.1. The first kappa shape index (κ1) is 18.2. The second-order valence-corrected chi connectivity index (χ2v) is 6.19. The minimum absolute atomic E-state index is 0.224. The van der Waals surface area contributed by atoms with Gasteiger partial charge in [0.1, 0.15) is 11.2 Å². The number of benzene rings is 3. The van der Waals surface area contributed by atoms with Gasteiger partial charge in [0.15, 0.2) is 0 Å². The van der Waals surface area contributed by atoms with Crippen molar-refractivity contribution >= 4 is 17.1 Å². The molecule has 3 rings (SSSR count). The van der Waals surface area contributed by atoms with Crippen LogP contribution in [0.1, 0.15) is 23.6 Å². The minimum Gasteiger partial charge on any atom is -0.492 e. The fourth-order valence-corrected chi connectivity index (χ4v) is 3.34. The Morgan fingerprint density at radius 1 is 0.852 bits per heavy atom. The molecular formula is C22H22N4O. The summed E-state index contributed by atoms with van der Waals surface area (Å²) in [5.41, 5.74) is 20.4. The van der Waals surface area contributed by atoms with Crippen LogP contribution in [0.25, 0.3) is 0 Å². The number of ether oxygens (including phenoxy) is 1. The van der Waals surface area contributed by atoms with Gasteiger partial charge in [-0.1, -0.05) is 60.7 Å². The SMILES string of the molecule is CCOc1cc(C(C#N)(c2ccccc2)c2ccccc2)c(N)c(N)c1N. The predicted octanol–water partition coefficient (Wildman–Crippen LogP) is 3.69. The lowest BCUT2D eigenvalue weighted by Gasteiger charge is -2.31. The van der Waals surface area contributed by atoms with E-state index < -0.39 is 5.41 Å². The first-order chi connectivity index (χ1) is 13.1. The van der Waals surface area contributed by atoms with E-state index in [-0.39, 0.29) is 17.1 Å². The lowest BCUT2D eigenvalue weighted by Crippen LogP contribution is -2.29. The number of nitriles is 1. The van der Waals surface area contributed by atoms with E-state index in [0.717, 1.165) is 11.1 Å². The van der Waals surface area contributed by atoms with Crippen LogP contribution < -0.4 is 21.9 Å². The molecule has 0 saturated carbocycles. The molecule has 0 aliphatic carbocycles. The van der Waals surface area contributed by atoms with E-state index in [1.54, 1.807) is 6.07 Å². The zero-order valence-corrected chi connectivity index (χ0v) is 15.1. The van der Waals surface area contributed by atoms with Gasteiger partial charge in [0.05, 0.1) is 29.7 Å². The van der Waals surface area contributed by atoms with Gasteiger partial charge in [-0.2, -0.15) is 5.26 Å². The number of rotatable bonds is 5. The Morgan fingerprint density at radius 2 is 1.37 bits per heavy atom. The molecule has 0 spiro atoms. The molecule has 0 unspecified atom stereocenters. The van der Waals surface area contributed by atoms with Crippen molar-refractivity contribution in [2.45, 2.75) is 12.3 Å². The maximum Gasteiger partial charge on any atom is 0.144 e. The highest BCUT2D eigenvalue weighted by molar-refractivity contribution is 5.87. The van der Waals surface area contributed by atoms with Crippen molar-refractivity contribution in [1.82, 2.24) is 0 Å². The van der Waals surface area contributed by atoms with Crippen LogP contribution in [0.5, 0.6) is 5.75 Å². The monoisotopic (exact) mass is 358 g/mol. The summed E-state index contributed by atoms with van der Waals surface area (Å²) >= 11 is 0. The average Bonchev–Trinajstić information content (AvgIpc) is 2.72. The normalized spacial score (nSPS) is 11.0. The Bertz CT molecular complexity index is 939. The van der Waals surface area contributed by atoms with Crippen molar-refractivity contribution in [3.8, 4) is 11.8 Å². The highest BCUT2D eigenvalue weighted by Crippen LogP contribution is 2.47. The average molecular weight is 358 g/mol. The second-order valence-electron chi connectivity index (χ2n) is 6.19. The predicted molar refractivity (Wildman–Crippen MR) is 109 cm³/mol. The van der Waals surface area contributed by atoms with Crippen LogP contribution in [0.3, 0.4) is 0 Å². The highest BCUT2D eigenvalue weighted by Gasteiger charge is 2.39. The van der Waals surface area contributed by atoms with E-state index in [4.69, 9.17) is 21.9 Å². The molecule has 136 valence electrons. The highest BCUT2D eigenvalue weighted by atomic mass is 16.5. The Balaban J connectivity index is 2.42. The van der Waals surface area contributed by atoms with E-state index in [1.165, 1.54) is 0 Å². The molecule has 0 aromatic heterocycles. The van der Waals surface area contributed by atoms with E-state index in [9.17, 15) is 5.26 Å². The largest absolute Gasteiger partial charge is 0.492 e. The Labute approximate surface area is 159 Å². The molecule has 0 atom stereocenters. The quantitative estimate of drug-likeness (QED) is 0.476. The van der Waals surface area contributed by atoms with Crippen molar-refractivity contribution in [1.29, 1.82) is 5.26 Å². The van der Waals surface area contributed by atoms with Crippen LogP contribution in [0.15, 0.2) is 66.7 Å². The van der Waals surface area contributed by atoms with Crippen molar-refractivity contribution in [2.75, 3.05) is 23.8 Å². The van der Waals surface area contributed by atoms with Crippen molar-refractivity contribution < 1.29 is 4.74 Å². The van der Waals surface area contributed by atoms with Gasteiger partial charge >= 0.3 is 0 Å². The van der Waals surface area contributed by atoms with E-state index in [0.29, 0.717) is 17.9 Å².